The molecule has 0 spiro atoms. The lowest BCUT2D eigenvalue weighted by Crippen LogP contribution is -1.93. The van der Waals surface area contributed by atoms with Gasteiger partial charge in [0.25, 0.3) is 0 Å². The molecule has 5 nitrogen and oxygen atoms in total. The zero-order chi connectivity index (χ0) is 10.4. The van der Waals surface area contributed by atoms with Gasteiger partial charge in [-0.1, -0.05) is 0 Å². The van der Waals surface area contributed by atoms with E-state index in [9.17, 15) is 0 Å². The Morgan fingerprint density at radius 2 is 1.60 bits per heavy atom. The van der Waals surface area contributed by atoms with Gasteiger partial charge >= 0.3 is 0 Å². The summed E-state index contributed by atoms with van der Waals surface area (Å²) in [4.78, 5) is 8.88. The Hall–Kier alpha value is -2.04. The highest BCUT2D eigenvalue weighted by Gasteiger charge is 2.09. The van der Waals surface area contributed by atoms with Crippen molar-refractivity contribution in [3.8, 4) is 0 Å². The van der Waals surface area contributed by atoms with Crippen LogP contribution in [0.25, 0.3) is 22.1 Å². The van der Waals surface area contributed by atoms with Crippen molar-refractivity contribution >= 4 is 22.1 Å². The summed E-state index contributed by atoms with van der Waals surface area (Å²) in [6.07, 6.45) is 0. The van der Waals surface area contributed by atoms with Crippen LogP contribution >= 0.6 is 0 Å². The van der Waals surface area contributed by atoms with Gasteiger partial charge in [-0.3, -0.25) is 0 Å². The normalized spacial score (nSPS) is 11.3. The second kappa shape index (κ2) is 2.73. The fourth-order valence-corrected chi connectivity index (χ4v) is 1.54. The molecule has 3 aromatic rings. The van der Waals surface area contributed by atoms with Gasteiger partial charge in [0.1, 0.15) is 11.0 Å². The average Bonchev–Trinajstić information content (AvgIpc) is 2.68. The fraction of sp³-hybridized carbons (Fsp3) is 0.200. The molecule has 0 N–H and O–H groups in total. The van der Waals surface area contributed by atoms with Gasteiger partial charge in [0.05, 0.1) is 16.9 Å². The van der Waals surface area contributed by atoms with Crippen LogP contribution in [-0.2, 0) is 0 Å². The van der Waals surface area contributed by atoms with E-state index < -0.39 is 0 Å². The van der Waals surface area contributed by atoms with Crippen LogP contribution in [-0.4, -0.2) is 20.3 Å². The molecule has 74 valence electrons. The largest absolute Gasteiger partial charge is 0.250 e. The van der Waals surface area contributed by atoms with Crippen LogP contribution in [0.15, 0.2) is 16.8 Å². The van der Waals surface area contributed by atoms with Gasteiger partial charge in [0.2, 0.25) is 0 Å². The molecule has 0 atom stereocenters. The molecule has 0 bridgehead atoms. The molecule has 1 aromatic carbocycles. The summed E-state index contributed by atoms with van der Waals surface area (Å²) in [6, 6.07) is 3.71. The number of hydrogen-bond donors (Lipinski definition) is 0. The molecule has 0 aliphatic rings. The third-order valence-electron chi connectivity index (χ3n) is 2.47. The maximum absolute atomic E-state index is 4.68. The number of fused-ring (bicyclic) bond motifs is 3. The lowest BCUT2D eigenvalue weighted by molar-refractivity contribution is 0.315. The molecule has 5 heteroatoms. The molecule has 15 heavy (non-hydrogen) atoms. The lowest BCUT2D eigenvalue weighted by atomic mass is 10.2. The highest BCUT2D eigenvalue weighted by Crippen LogP contribution is 2.20. The van der Waals surface area contributed by atoms with E-state index in [1.54, 1.807) is 0 Å². The van der Waals surface area contributed by atoms with Crippen molar-refractivity contribution in [2.75, 3.05) is 0 Å². The van der Waals surface area contributed by atoms with Crippen LogP contribution in [0.1, 0.15) is 11.4 Å². The second-order valence-corrected chi connectivity index (χ2v) is 3.46. The summed E-state index contributed by atoms with van der Waals surface area (Å²) in [7, 11) is 0. The van der Waals surface area contributed by atoms with Crippen LogP contribution in [0.2, 0.25) is 0 Å². The van der Waals surface area contributed by atoms with Gasteiger partial charge in [-0.05, 0) is 36.3 Å². The minimum Gasteiger partial charge on any atom is -0.250 e. The zero-order valence-corrected chi connectivity index (χ0v) is 8.35. The van der Waals surface area contributed by atoms with Gasteiger partial charge in [-0.2, -0.15) is 0 Å². The van der Waals surface area contributed by atoms with E-state index in [0.29, 0.717) is 11.0 Å². The van der Waals surface area contributed by atoms with Gasteiger partial charge in [0, 0.05) is 0 Å². The van der Waals surface area contributed by atoms with Crippen molar-refractivity contribution in [3.63, 3.8) is 0 Å². The van der Waals surface area contributed by atoms with Crippen molar-refractivity contribution in [3.05, 3.63) is 23.5 Å². The fourth-order valence-electron chi connectivity index (χ4n) is 1.54. The van der Waals surface area contributed by atoms with Crippen LogP contribution in [0.3, 0.4) is 0 Å². The molecule has 2 aromatic heterocycles. The highest BCUT2D eigenvalue weighted by atomic mass is 16.6. The quantitative estimate of drug-likeness (QED) is 0.553. The smallest absolute Gasteiger partial charge is 0.163 e. The Balaban J connectivity index is 2.57. The molecule has 0 aliphatic carbocycles. The number of aryl methyl sites for hydroxylation is 2. The number of benzene rings is 1. The van der Waals surface area contributed by atoms with Crippen molar-refractivity contribution in [1.82, 2.24) is 20.3 Å². The van der Waals surface area contributed by atoms with E-state index in [0.717, 1.165) is 22.4 Å². The summed E-state index contributed by atoms with van der Waals surface area (Å²) in [5.74, 6) is 0. The highest BCUT2D eigenvalue weighted by molar-refractivity contribution is 5.99. The SMILES string of the molecule is Cc1nc2ccc3nonc3c2nc1C. The summed E-state index contributed by atoms with van der Waals surface area (Å²) in [5, 5.41) is 7.60. The van der Waals surface area contributed by atoms with E-state index in [1.807, 2.05) is 26.0 Å². The van der Waals surface area contributed by atoms with E-state index in [1.165, 1.54) is 0 Å². The summed E-state index contributed by atoms with van der Waals surface area (Å²) in [6.45, 7) is 3.86. The van der Waals surface area contributed by atoms with Crippen molar-refractivity contribution in [1.29, 1.82) is 0 Å². The number of nitrogens with zero attached hydrogens (tertiary/aromatic N) is 4. The lowest BCUT2D eigenvalue weighted by Gasteiger charge is -2.01. The van der Waals surface area contributed by atoms with Gasteiger partial charge in [-0.15, -0.1) is 0 Å². The van der Waals surface area contributed by atoms with E-state index in [4.69, 9.17) is 0 Å². The topological polar surface area (TPSA) is 64.7 Å². The predicted octanol–water partition coefficient (Wildman–Crippen LogP) is 1.78. The van der Waals surface area contributed by atoms with Crippen LogP contribution in [0.4, 0.5) is 0 Å². The third-order valence-corrected chi connectivity index (χ3v) is 2.47. The Kier molecular flexibility index (Phi) is 1.50. The molecule has 0 radical (unpaired) electrons. The first-order chi connectivity index (χ1) is 7.25. The number of rotatable bonds is 0. The number of aromatic nitrogens is 4. The molecule has 0 fully saturated rings. The summed E-state index contributed by atoms with van der Waals surface area (Å²) in [5.41, 5.74) is 4.78. The van der Waals surface area contributed by atoms with Crippen molar-refractivity contribution in [2.24, 2.45) is 0 Å². The Labute approximate surface area is 85.1 Å². The average molecular weight is 200 g/mol. The minimum absolute atomic E-state index is 0.670. The molecular formula is C10H8N4O. The molecule has 3 rings (SSSR count). The third kappa shape index (κ3) is 1.09. The van der Waals surface area contributed by atoms with Crippen LogP contribution in [0, 0.1) is 13.8 Å². The zero-order valence-electron chi connectivity index (χ0n) is 8.35. The van der Waals surface area contributed by atoms with Gasteiger partial charge in [0.15, 0.2) is 5.52 Å². The first kappa shape index (κ1) is 8.28. The molecule has 0 unspecified atom stereocenters. The maximum Gasteiger partial charge on any atom is 0.163 e. The van der Waals surface area contributed by atoms with Crippen molar-refractivity contribution in [2.45, 2.75) is 13.8 Å². The first-order valence-corrected chi connectivity index (χ1v) is 4.62. The minimum atomic E-state index is 0.670. The standard InChI is InChI=1S/C10H8N4O/c1-5-6(2)12-9-7(11-5)3-4-8-10(9)14-15-13-8/h3-4H,1-2H3. The molecule has 2 heterocycles. The maximum atomic E-state index is 4.68. The molecule has 0 saturated carbocycles. The van der Waals surface area contributed by atoms with E-state index in [2.05, 4.69) is 24.9 Å². The predicted molar refractivity (Wildman–Crippen MR) is 54.4 cm³/mol. The van der Waals surface area contributed by atoms with Gasteiger partial charge < -0.3 is 0 Å². The number of hydrogen-bond acceptors (Lipinski definition) is 5. The van der Waals surface area contributed by atoms with Crippen LogP contribution < -0.4 is 0 Å². The molecule has 0 amide bonds. The Bertz CT molecular complexity index is 659. The van der Waals surface area contributed by atoms with E-state index in [-0.39, 0.29) is 0 Å². The molecule has 0 saturated heterocycles. The van der Waals surface area contributed by atoms with Crippen LogP contribution in [0.5, 0.6) is 0 Å². The Morgan fingerprint density at radius 3 is 2.47 bits per heavy atom. The van der Waals surface area contributed by atoms with Gasteiger partial charge in [-0.25, -0.2) is 14.6 Å². The molecule has 0 aliphatic heterocycles. The van der Waals surface area contributed by atoms with E-state index >= 15 is 0 Å². The molecular weight excluding hydrogens is 192 g/mol. The second-order valence-electron chi connectivity index (χ2n) is 3.46. The summed E-state index contributed by atoms with van der Waals surface area (Å²) >= 11 is 0. The monoisotopic (exact) mass is 200 g/mol. The first-order valence-electron chi connectivity index (χ1n) is 4.62. The summed E-state index contributed by atoms with van der Waals surface area (Å²) < 4.78 is 4.68. The van der Waals surface area contributed by atoms with Crippen molar-refractivity contribution < 1.29 is 4.63 Å². The Morgan fingerprint density at radius 1 is 0.867 bits per heavy atom.